The van der Waals surface area contributed by atoms with E-state index in [0.29, 0.717) is 9.71 Å². The van der Waals surface area contributed by atoms with E-state index >= 15 is 4.39 Å². The summed E-state index contributed by atoms with van der Waals surface area (Å²) in [6.07, 6.45) is 0.229. The molecular formula is C24H20ClF2N5O4S. The Morgan fingerprint density at radius 2 is 1.95 bits per heavy atom. The number of nitrogens with zero attached hydrogens (tertiary/aromatic N) is 2. The van der Waals surface area contributed by atoms with Crippen LogP contribution in [0.2, 0.25) is 5.02 Å². The Bertz CT molecular complexity index is 1510. The molecule has 192 valence electrons. The van der Waals surface area contributed by atoms with Crippen LogP contribution in [-0.4, -0.2) is 39.7 Å². The normalized spacial score (nSPS) is 17.7. The van der Waals surface area contributed by atoms with Crippen LogP contribution in [-0.2, 0) is 21.7 Å². The van der Waals surface area contributed by atoms with Gasteiger partial charge in [-0.2, -0.15) is 0 Å². The zero-order chi connectivity index (χ0) is 26.6. The van der Waals surface area contributed by atoms with E-state index < -0.39 is 47.0 Å². The lowest BCUT2D eigenvalue weighted by Gasteiger charge is -2.29. The lowest BCUT2D eigenvalue weighted by Crippen LogP contribution is -2.52. The number of amides is 5. The number of anilines is 1. The molecule has 2 aliphatic rings. The standard InChI is InChI=1S/C24H20ClF2N5O4S/c1-24(2,22-30-19-15(37-22)7-4-12(25)18(19)27)31-23(36)28-13-5-3-10-11(17(13)26)9-32(21(10)35)14-6-8-16(33)29-20(14)34/h3-5,7,14H,6,8-9H2,1-2H3,(H2,28,31,36)(H,29,33,34). The number of hydrogen-bond acceptors (Lipinski definition) is 6. The number of urea groups is 1. The van der Waals surface area contributed by atoms with Crippen molar-refractivity contribution in [1.82, 2.24) is 20.5 Å². The summed E-state index contributed by atoms with van der Waals surface area (Å²) in [5.74, 6) is -3.00. The van der Waals surface area contributed by atoms with Crippen molar-refractivity contribution >= 4 is 62.6 Å². The summed E-state index contributed by atoms with van der Waals surface area (Å²) in [5.41, 5.74) is -0.975. The van der Waals surface area contributed by atoms with Gasteiger partial charge < -0.3 is 15.5 Å². The fourth-order valence-corrected chi connectivity index (χ4v) is 5.57. The van der Waals surface area contributed by atoms with Crippen LogP contribution in [0, 0.1) is 11.6 Å². The molecule has 0 radical (unpaired) electrons. The van der Waals surface area contributed by atoms with Crippen molar-refractivity contribution in [3.63, 3.8) is 0 Å². The summed E-state index contributed by atoms with van der Waals surface area (Å²) >= 11 is 7.02. The van der Waals surface area contributed by atoms with Gasteiger partial charge in [-0.3, -0.25) is 19.7 Å². The van der Waals surface area contributed by atoms with Gasteiger partial charge in [-0.15, -0.1) is 11.3 Å². The van der Waals surface area contributed by atoms with Crippen molar-refractivity contribution in [2.45, 2.75) is 44.8 Å². The average Bonchev–Trinajstić information content (AvgIpc) is 3.41. The van der Waals surface area contributed by atoms with Gasteiger partial charge in [0.05, 0.1) is 27.5 Å². The zero-order valence-corrected chi connectivity index (χ0v) is 21.2. The fourth-order valence-electron chi connectivity index (χ4n) is 4.40. The molecule has 5 rings (SSSR count). The van der Waals surface area contributed by atoms with Gasteiger partial charge in [-0.05, 0) is 44.5 Å². The number of imide groups is 1. The highest BCUT2D eigenvalue weighted by atomic mass is 35.5. The van der Waals surface area contributed by atoms with Crippen LogP contribution < -0.4 is 16.0 Å². The Kier molecular flexibility index (Phi) is 6.11. The molecule has 13 heteroatoms. The highest BCUT2D eigenvalue weighted by molar-refractivity contribution is 7.18. The minimum atomic E-state index is -1.04. The number of hydrogen-bond donors (Lipinski definition) is 3. The summed E-state index contributed by atoms with van der Waals surface area (Å²) in [7, 11) is 0. The summed E-state index contributed by atoms with van der Waals surface area (Å²) < 4.78 is 30.2. The molecule has 1 saturated heterocycles. The predicted octanol–water partition coefficient (Wildman–Crippen LogP) is 4.05. The van der Waals surface area contributed by atoms with Crippen LogP contribution in [0.1, 0.15) is 47.6 Å². The maximum atomic E-state index is 15.3. The van der Waals surface area contributed by atoms with Gasteiger partial charge in [0.1, 0.15) is 16.6 Å². The number of fused-ring (bicyclic) bond motifs is 2. The van der Waals surface area contributed by atoms with E-state index in [9.17, 15) is 23.6 Å². The van der Waals surface area contributed by atoms with Crippen molar-refractivity contribution in [1.29, 1.82) is 0 Å². The van der Waals surface area contributed by atoms with Crippen LogP contribution in [0.4, 0.5) is 19.3 Å². The van der Waals surface area contributed by atoms with E-state index in [1.165, 1.54) is 34.4 Å². The molecule has 1 atom stereocenters. The van der Waals surface area contributed by atoms with E-state index in [0.717, 1.165) is 0 Å². The Morgan fingerprint density at radius 3 is 2.68 bits per heavy atom. The third-order valence-electron chi connectivity index (χ3n) is 6.31. The van der Waals surface area contributed by atoms with Crippen molar-refractivity contribution in [3.8, 4) is 0 Å². The predicted molar refractivity (Wildman–Crippen MR) is 132 cm³/mol. The van der Waals surface area contributed by atoms with Gasteiger partial charge in [0.2, 0.25) is 11.8 Å². The molecule has 1 fully saturated rings. The van der Waals surface area contributed by atoms with E-state index in [1.807, 2.05) is 0 Å². The number of benzene rings is 2. The molecule has 1 aromatic heterocycles. The number of piperidine rings is 1. The summed E-state index contributed by atoms with van der Waals surface area (Å²) in [6.45, 7) is 3.16. The highest BCUT2D eigenvalue weighted by Gasteiger charge is 2.40. The Labute approximate surface area is 218 Å². The smallest absolute Gasteiger partial charge is 0.320 e. The zero-order valence-electron chi connectivity index (χ0n) is 19.6. The number of rotatable bonds is 4. The molecule has 37 heavy (non-hydrogen) atoms. The minimum absolute atomic E-state index is 0.0466. The topological polar surface area (TPSA) is 120 Å². The van der Waals surface area contributed by atoms with Gasteiger partial charge in [-0.25, -0.2) is 18.6 Å². The largest absolute Gasteiger partial charge is 0.326 e. The van der Waals surface area contributed by atoms with Gasteiger partial charge in [0.25, 0.3) is 5.91 Å². The number of carbonyl (C=O) groups is 4. The van der Waals surface area contributed by atoms with Crippen LogP contribution >= 0.6 is 22.9 Å². The molecule has 3 N–H and O–H groups in total. The first kappa shape index (κ1) is 25.0. The van der Waals surface area contributed by atoms with Crippen molar-refractivity contribution in [2.75, 3.05) is 5.32 Å². The number of nitrogens with one attached hydrogen (secondary N) is 3. The summed E-state index contributed by atoms with van der Waals surface area (Å²) in [4.78, 5) is 54.8. The number of carbonyl (C=O) groups excluding carboxylic acids is 4. The molecule has 1 unspecified atom stereocenters. The summed E-state index contributed by atoms with van der Waals surface area (Å²) in [5, 5.41) is 7.70. The monoisotopic (exact) mass is 547 g/mol. The number of thiazole rings is 1. The first-order chi connectivity index (χ1) is 17.5. The second-order valence-corrected chi connectivity index (χ2v) is 10.7. The second kappa shape index (κ2) is 9.03. The summed E-state index contributed by atoms with van der Waals surface area (Å²) in [6, 6.07) is 4.09. The molecule has 9 nitrogen and oxygen atoms in total. The minimum Gasteiger partial charge on any atom is -0.326 e. The Hall–Kier alpha value is -3.64. The van der Waals surface area contributed by atoms with E-state index in [2.05, 4.69) is 20.9 Å². The number of aromatic nitrogens is 1. The number of halogens is 3. The average molecular weight is 548 g/mol. The van der Waals surface area contributed by atoms with Crippen LogP contribution in [0.5, 0.6) is 0 Å². The second-order valence-electron chi connectivity index (χ2n) is 9.28. The van der Waals surface area contributed by atoms with Crippen molar-refractivity contribution < 1.29 is 28.0 Å². The molecular weight excluding hydrogens is 528 g/mol. The van der Waals surface area contributed by atoms with Crippen molar-refractivity contribution in [2.24, 2.45) is 0 Å². The highest BCUT2D eigenvalue weighted by Crippen LogP contribution is 2.35. The molecule has 2 aliphatic heterocycles. The molecule has 2 aromatic carbocycles. The third kappa shape index (κ3) is 4.40. The van der Waals surface area contributed by atoms with Gasteiger partial charge in [-0.1, -0.05) is 11.6 Å². The van der Waals surface area contributed by atoms with Crippen LogP contribution in [0.15, 0.2) is 24.3 Å². The van der Waals surface area contributed by atoms with Gasteiger partial charge in [0, 0.05) is 17.5 Å². The quantitative estimate of drug-likeness (QED) is 0.426. The van der Waals surface area contributed by atoms with Gasteiger partial charge >= 0.3 is 6.03 Å². The SMILES string of the molecule is CC(C)(NC(=O)Nc1ccc2c(c1F)CN(C1CCC(=O)NC1=O)C2=O)c1nc2c(F)c(Cl)ccc2s1. The van der Waals surface area contributed by atoms with E-state index in [1.54, 1.807) is 19.9 Å². The molecule has 0 aliphatic carbocycles. The van der Waals surface area contributed by atoms with Crippen molar-refractivity contribution in [3.05, 3.63) is 57.1 Å². The first-order valence-electron chi connectivity index (χ1n) is 11.3. The lowest BCUT2D eigenvalue weighted by molar-refractivity contribution is -0.136. The third-order valence-corrected chi connectivity index (χ3v) is 7.95. The van der Waals surface area contributed by atoms with E-state index in [-0.39, 0.29) is 46.7 Å². The molecule has 5 amide bonds. The molecule has 3 aromatic rings. The van der Waals surface area contributed by atoms with E-state index in [4.69, 9.17) is 11.6 Å². The first-order valence-corrected chi connectivity index (χ1v) is 12.5. The van der Waals surface area contributed by atoms with Crippen LogP contribution in [0.25, 0.3) is 10.2 Å². The molecule has 0 saturated carbocycles. The Morgan fingerprint density at radius 1 is 1.19 bits per heavy atom. The van der Waals surface area contributed by atoms with Gasteiger partial charge in [0.15, 0.2) is 11.6 Å². The molecule has 3 heterocycles. The maximum Gasteiger partial charge on any atom is 0.320 e. The maximum absolute atomic E-state index is 15.3. The lowest BCUT2D eigenvalue weighted by atomic mass is 10.0. The van der Waals surface area contributed by atoms with Crippen LogP contribution in [0.3, 0.4) is 0 Å². The molecule has 0 spiro atoms. The fraction of sp³-hybridized carbons (Fsp3) is 0.292. The Balaban J connectivity index is 1.32. The molecule has 0 bridgehead atoms.